The standard InChI is InChI=1S/C12H10N4S/c17-12-10-8-16(15-11(10)6-13-14-12)7-9-4-2-1-3-5-9/h1-6,8H,7H2,(H,14,17). The van der Waals surface area contributed by atoms with Gasteiger partial charge in [-0.2, -0.15) is 10.2 Å². The summed E-state index contributed by atoms with van der Waals surface area (Å²) in [4.78, 5) is 0. The van der Waals surface area contributed by atoms with Crippen LogP contribution in [-0.2, 0) is 6.54 Å². The van der Waals surface area contributed by atoms with Crippen molar-refractivity contribution >= 4 is 23.1 Å². The summed E-state index contributed by atoms with van der Waals surface area (Å²) in [7, 11) is 0. The molecular formula is C12H10N4S. The highest BCUT2D eigenvalue weighted by atomic mass is 32.1. The number of rotatable bonds is 2. The van der Waals surface area contributed by atoms with E-state index < -0.39 is 0 Å². The molecule has 0 fully saturated rings. The topological polar surface area (TPSA) is 46.5 Å². The Labute approximate surface area is 103 Å². The summed E-state index contributed by atoms with van der Waals surface area (Å²) in [5, 5.41) is 12.1. The van der Waals surface area contributed by atoms with E-state index in [0.717, 1.165) is 17.4 Å². The van der Waals surface area contributed by atoms with Gasteiger partial charge < -0.3 is 0 Å². The third-order valence-electron chi connectivity index (χ3n) is 2.58. The Hall–Kier alpha value is -2.01. The molecule has 0 spiro atoms. The molecule has 0 aliphatic heterocycles. The predicted molar refractivity (Wildman–Crippen MR) is 68.3 cm³/mol. The first-order valence-corrected chi connectivity index (χ1v) is 5.68. The van der Waals surface area contributed by atoms with E-state index >= 15 is 0 Å². The Bertz CT molecular complexity index is 699. The Morgan fingerprint density at radius 2 is 2.06 bits per heavy atom. The van der Waals surface area contributed by atoms with Crippen molar-refractivity contribution in [1.29, 1.82) is 0 Å². The van der Waals surface area contributed by atoms with E-state index in [2.05, 4.69) is 27.4 Å². The van der Waals surface area contributed by atoms with Gasteiger partial charge in [0.05, 0.1) is 18.1 Å². The number of fused-ring (bicyclic) bond motifs is 1. The quantitative estimate of drug-likeness (QED) is 0.702. The van der Waals surface area contributed by atoms with E-state index in [9.17, 15) is 0 Å². The maximum absolute atomic E-state index is 5.16. The number of aromatic amines is 1. The molecule has 5 heteroatoms. The minimum atomic E-state index is 0.627. The van der Waals surface area contributed by atoms with Crippen LogP contribution in [0.5, 0.6) is 0 Å². The molecular weight excluding hydrogens is 232 g/mol. The van der Waals surface area contributed by atoms with Crippen molar-refractivity contribution in [3.05, 3.63) is 52.9 Å². The summed E-state index contributed by atoms with van der Waals surface area (Å²) in [6, 6.07) is 10.2. The van der Waals surface area contributed by atoms with Gasteiger partial charge in [-0.25, -0.2) is 0 Å². The first kappa shape index (κ1) is 10.2. The second-order valence-electron chi connectivity index (χ2n) is 3.81. The number of aromatic nitrogens is 4. The van der Waals surface area contributed by atoms with E-state index in [4.69, 9.17) is 12.2 Å². The van der Waals surface area contributed by atoms with Crippen LogP contribution in [0.1, 0.15) is 5.56 Å². The van der Waals surface area contributed by atoms with Crippen LogP contribution in [0.3, 0.4) is 0 Å². The maximum Gasteiger partial charge on any atom is 0.130 e. The zero-order valence-electron chi connectivity index (χ0n) is 9.00. The van der Waals surface area contributed by atoms with Crippen molar-refractivity contribution in [2.45, 2.75) is 6.54 Å². The van der Waals surface area contributed by atoms with Gasteiger partial charge in [0.1, 0.15) is 10.2 Å². The van der Waals surface area contributed by atoms with Crippen LogP contribution in [-0.4, -0.2) is 20.0 Å². The molecule has 0 amide bonds. The third-order valence-corrected chi connectivity index (χ3v) is 2.89. The highest BCUT2D eigenvalue weighted by Crippen LogP contribution is 2.11. The van der Waals surface area contributed by atoms with E-state index in [1.54, 1.807) is 6.20 Å². The molecule has 0 unspecified atom stereocenters. The lowest BCUT2D eigenvalue weighted by Gasteiger charge is -2.00. The summed E-state index contributed by atoms with van der Waals surface area (Å²) in [6.07, 6.45) is 3.63. The average Bonchev–Trinajstić information content (AvgIpc) is 2.74. The normalized spacial score (nSPS) is 10.8. The Morgan fingerprint density at radius 3 is 2.82 bits per heavy atom. The van der Waals surface area contributed by atoms with Gasteiger partial charge in [-0.05, 0) is 5.56 Å². The molecule has 0 atom stereocenters. The third kappa shape index (κ3) is 1.97. The Balaban J connectivity index is 2.02. The van der Waals surface area contributed by atoms with Crippen molar-refractivity contribution in [3.8, 4) is 0 Å². The lowest BCUT2D eigenvalue weighted by atomic mass is 10.2. The van der Waals surface area contributed by atoms with Gasteiger partial charge >= 0.3 is 0 Å². The largest absolute Gasteiger partial charge is 0.267 e. The molecule has 0 aliphatic rings. The molecule has 0 saturated carbocycles. The predicted octanol–water partition coefficient (Wildman–Crippen LogP) is 2.54. The fourth-order valence-corrected chi connectivity index (χ4v) is 1.98. The lowest BCUT2D eigenvalue weighted by molar-refractivity contribution is 0.695. The molecule has 1 aromatic carbocycles. The second-order valence-corrected chi connectivity index (χ2v) is 4.22. The molecule has 1 N–H and O–H groups in total. The Kier molecular flexibility index (Phi) is 2.45. The number of hydrogen-bond acceptors (Lipinski definition) is 3. The van der Waals surface area contributed by atoms with Gasteiger partial charge in [-0.3, -0.25) is 9.78 Å². The number of nitrogens with one attached hydrogen (secondary N) is 1. The minimum Gasteiger partial charge on any atom is -0.267 e. The van der Waals surface area contributed by atoms with Crippen LogP contribution in [0.4, 0.5) is 0 Å². The molecule has 3 aromatic rings. The van der Waals surface area contributed by atoms with Gasteiger partial charge in [0, 0.05) is 6.20 Å². The Morgan fingerprint density at radius 1 is 1.24 bits per heavy atom. The van der Waals surface area contributed by atoms with Crippen molar-refractivity contribution in [1.82, 2.24) is 20.0 Å². The summed E-state index contributed by atoms with van der Waals surface area (Å²) >= 11 is 5.16. The van der Waals surface area contributed by atoms with Crippen molar-refractivity contribution in [2.75, 3.05) is 0 Å². The van der Waals surface area contributed by atoms with Gasteiger partial charge in [0.2, 0.25) is 0 Å². The van der Waals surface area contributed by atoms with Gasteiger partial charge in [0.15, 0.2) is 0 Å². The van der Waals surface area contributed by atoms with Gasteiger partial charge in [0.25, 0.3) is 0 Å². The zero-order valence-corrected chi connectivity index (χ0v) is 9.81. The van der Waals surface area contributed by atoms with Crippen molar-refractivity contribution in [3.63, 3.8) is 0 Å². The molecule has 0 saturated heterocycles. The average molecular weight is 242 g/mol. The second kappa shape index (κ2) is 4.10. The summed E-state index contributed by atoms with van der Waals surface area (Å²) in [5.74, 6) is 0. The summed E-state index contributed by atoms with van der Waals surface area (Å²) < 4.78 is 2.51. The smallest absolute Gasteiger partial charge is 0.130 e. The van der Waals surface area contributed by atoms with E-state index in [0.29, 0.717) is 4.64 Å². The molecule has 84 valence electrons. The number of benzene rings is 1. The van der Waals surface area contributed by atoms with Crippen LogP contribution in [0.2, 0.25) is 0 Å². The number of H-pyrrole nitrogens is 1. The first-order valence-electron chi connectivity index (χ1n) is 5.28. The van der Waals surface area contributed by atoms with Crippen LogP contribution >= 0.6 is 12.2 Å². The molecule has 0 bridgehead atoms. The zero-order chi connectivity index (χ0) is 11.7. The van der Waals surface area contributed by atoms with Gasteiger partial charge in [-0.1, -0.05) is 42.5 Å². The van der Waals surface area contributed by atoms with E-state index in [-0.39, 0.29) is 0 Å². The molecule has 3 rings (SSSR count). The molecule has 0 aliphatic carbocycles. The van der Waals surface area contributed by atoms with Crippen LogP contribution in [0.15, 0.2) is 42.7 Å². The van der Waals surface area contributed by atoms with Crippen LogP contribution in [0.25, 0.3) is 10.9 Å². The molecule has 4 nitrogen and oxygen atoms in total. The highest BCUT2D eigenvalue weighted by molar-refractivity contribution is 7.71. The summed E-state index contributed by atoms with van der Waals surface area (Å²) in [5.41, 5.74) is 2.04. The lowest BCUT2D eigenvalue weighted by Crippen LogP contribution is -1.99. The maximum atomic E-state index is 5.16. The fourth-order valence-electron chi connectivity index (χ4n) is 1.77. The van der Waals surface area contributed by atoms with Crippen molar-refractivity contribution < 1.29 is 0 Å². The highest BCUT2D eigenvalue weighted by Gasteiger charge is 2.02. The van der Waals surface area contributed by atoms with Crippen molar-refractivity contribution in [2.24, 2.45) is 0 Å². The van der Waals surface area contributed by atoms with E-state index in [1.165, 1.54) is 5.56 Å². The number of nitrogens with zero attached hydrogens (tertiary/aromatic N) is 3. The van der Waals surface area contributed by atoms with E-state index in [1.807, 2.05) is 29.1 Å². The summed E-state index contributed by atoms with van der Waals surface area (Å²) in [6.45, 7) is 0.740. The fraction of sp³-hybridized carbons (Fsp3) is 0.0833. The van der Waals surface area contributed by atoms with Crippen LogP contribution < -0.4 is 0 Å². The van der Waals surface area contributed by atoms with Crippen LogP contribution in [0, 0.1) is 4.64 Å². The number of hydrogen-bond donors (Lipinski definition) is 1. The van der Waals surface area contributed by atoms with Gasteiger partial charge in [-0.15, -0.1) is 0 Å². The molecule has 0 radical (unpaired) electrons. The SMILES string of the molecule is S=c1[nH]ncc2nn(Cc3ccccc3)cc12. The monoisotopic (exact) mass is 242 g/mol. The molecule has 17 heavy (non-hydrogen) atoms. The molecule has 2 heterocycles. The first-order chi connectivity index (χ1) is 8.33. The molecule has 2 aromatic heterocycles. The minimum absolute atomic E-state index is 0.627.